The summed E-state index contributed by atoms with van der Waals surface area (Å²) in [4.78, 5) is 5.68. The van der Waals surface area contributed by atoms with Gasteiger partial charge in [0.15, 0.2) is 0 Å². The molecule has 4 nitrogen and oxygen atoms in total. The number of para-hydroxylation sites is 1. The number of hydrogen-bond donors (Lipinski definition) is 1. The summed E-state index contributed by atoms with van der Waals surface area (Å²) >= 11 is 3.22. The Hall–Kier alpha value is -2.18. The van der Waals surface area contributed by atoms with E-state index in [-0.39, 0.29) is 0 Å². The van der Waals surface area contributed by atoms with Crippen LogP contribution < -0.4 is 10.2 Å². The van der Waals surface area contributed by atoms with E-state index in [0.717, 1.165) is 27.0 Å². The molecule has 0 fully saturated rings. The summed E-state index contributed by atoms with van der Waals surface area (Å²) < 4.78 is 5.56. The molecule has 112 valence electrons. The molecule has 3 rings (SSSR count). The molecule has 0 bridgehead atoms. The molecule has 1 aromatic carbocycles. The first-order valence-electron chi connectivity index (χ1n) is 6.87. The number of nitrogens with one attached hydrogen (secondary N) is 1. The maximum atomic E-state index is 5.56. The van der Waals surface area contributed by atoms with Crippen molar-refractivity contribution in [3.63, 3.8) is 0 Å². The molecular formula is C16H15N3OS2. The van der Waals surface area contributed by atoms with Gasteiger partial charge in [0.25, 0.3) is 0 Å². The van der Waals surface area contributed by atoms with Crippen molar-refractivity contribution in [2.75, 3.05) is 12.0 Å². The first-order valence-corrected chi connectivity index (χ1v) is 8.63. The van der Waals surface area contributed by atoms with Crippen LogP contribution in [0.25, 0.3) is 10.6 Å². The molecule has 2 heterocycles. The van der Waals surface area contributed by atoms with Gasteiger partial charge in [-0.1, -0.05) is 18.2 Å². The Morgan fingerprint density at radius 1 is 1.23 bits per heavy atom. The second kappa shape index (κ2) is 7.20. The van der Waals surface area contributed by atoms with Crippen LogP contribution in [0.4, 0.5) is 5.13 Å². The standard InChI is InChI=1S/C16H15N3OS2/c1-2-20-14-7-4-3-6-12(14)10-17-19-16-18-13(11-22-16)15-8-5-9-21-15/h3-11H,2H2,1H3,(H,18,19)/b17-10-. The molecule has 0 unspecified atom stereocenters. The van der Waals surface area contributed by atoms with Gasteiger partial charge in [0.1, 0.15) is 5.75 Å². The normalized spacial score (nSPS) is 11.0. The number of thiazole rings is 1. The van der Waals surface area contributed by atoms with E-state index in [1.165, 1.54) is 11.3 Å². The van der Waals surface area contributed by atoms with E-state index in [4.69, 9.17) is 4.74 Å². The number of aromatic nitrogens is 1. The van der Waals surface area contributed by atoms with Crippen molar-refractivity contribution in [2.24, 2.45) is 5.10 Å². The van der Waals surface area contributed by atoms with Gasteiger partial charge in [-0.3, -0.25) is 5.43 Å². The summed E-state index contributed by atoms with van der Waals surface area (Å²) in [5, 5.41) is 9.09. The highest BCUT2D eigenvalue weighted by Crippen LogP contribution is 2.28. The monoisotopic (exact) mass is 329 g/mol. The minimum Gasteiger partial charge on any atom is -0.493 e. The lowest BCUT2D eigenvalue weighted by Crippen LogP contribution is -1.97. The molecule has 0 aliphatic rings. The van der Waals surface area contributed by atoms with Crippen LogP contribution in [-0.4, -0.2) is 17.8 Å². The molecule has 22 heavy (non-hydrogen) atoms. The fourth-order valence-corrected chi connectivity index (χ4v) is 3.31. The van der Waals surface area contributed by atoms with E-state index in [9.17, 15) is 0 Å². The third kappa shape index (κ3) is 3.52. The molecule has 0 aliphatic carbocycles. The van der Waals surface area contributed by atoms with Gasteiger partial charge in [-0.15, -0.1) is 22.7 Å². The fraction of sp³-hybridized carbons (Fsp3) is 0.125. The van der Waals surface area contributed by atoms with Gasteiger partial charge in [-0.25, -0.2) is 4.98 Å². The summed E-state index contributed by atoms with van der Waals surface area (Å²) in [7, 11) is 0. The van der Waals surface area contributed by atoms with Crippen molar-refractivity contribution in [3.05, 3.63) is 52.7 Å². The lowest BCUT2D eigenvalue weighted by Gasteiger charge is -2.05. The number of hydrazone groups is 1. The SMILES string of the molecule is CCOc1ccccc1/C=N\Nc1nc(-c2cccs2)cs1. The molecule has 0 spiro atoms. The predicted molar refractivity (Wildman–Crippen MR) is 94.3 cm³/mol. The van der Waals surface area contributed by atoms with Crippen LogP contribution in [0.2, 0.25) is 0 Å². The van der Waals surface area contributed by atoms with Crippen molar-refractivity contribution in [3.8, 4) is 16.3 Å². The minimum atomic E-state index is 0.634. The van der Waals surface area contributed by atoms with Crippen LogP contribution in [0, 0.1) is 0 Å². The van der Waals surface area contributed by atoms with Crippen LogP contribution >= 0.6 is 22.7 Å². The number of thiophene rings is 1. The molecule has 0 amide bonds. The van der Waals surface area contributed by atoms with Crippen molar-refractivity contribution in [1.82, 2.24) is 4.98 Å². The van der Waals surface area contributed by atoms with Crippen LogP contribution in [0.3, 0.4) is 0 Å². The van der Waals surface area contributed by atoms with Gasteiger partial charge >= 0.3 is 0 Å². The average molecular weight is 329 g/mol. The maximum Gasteiger partial charge on any atom is 0.203 e. The molecule has 1 N–H and O–H groups in total. The number of benzene rings is 1. The molecule has 0 radical (unpaired) electrons. The molecule has 0 saturated carbocycles. The van der Waals surface area contributed by atoms with Crippen LogP contribution in [-0.2, 0) is 0 Å². The molecule has 0 atom stereocenters. The number of anilines is 1. The summed E-state index contributed by atoms with van der Waals surface area (Å²) in [5.74, 6) is 0.828. The van der Waals surface area contributed by atoms with Gasteiger partial charge < -0.3 is 4.74 Å². The number of nitrogens with zero attached hydrogens (tertiary/aromatic N) is 2. The van der Waals surface area contributed by atoms with Crippen molar-refractivity contribution in [2.45, 2.75) is 6.92 Å². The molecule has 0 saturated heterocycles. The Balaban J connectivity index is 1.68. The Morgan fingerprint density at radius 2 is 2.14 bits per heavy atom. The topological polar surface area (TPSA) is 46.5 Å². The minimum absolute atomic E-state index is 0.634. The highest BCUT2D eigenvalue weighted by atomic mass is 32.1. The van der Waals surface area contributed by atoms with Gasteiger partial charge in [-0.05, 0) is 30.5 Å². The Bertz CT molecular complexity index is 750. The van der Waals surface area contributed by atoms with E-state index in [1.807, 2.05) is 48.0 Å². The number of rotatable bonds is 6. The lowest BCUT2D eigenvalue weighted by atomic mass is 10.2. The number of ether oxygens (including phenoxy) is 1. The zero-order chi connectivity index (χ0) is 15.2. The van der Waals surface area contributed by atoms with Crippen molar-refractivity contribution in [1.29, 1.82) is 0 Å². The zero-order valence-corrected chi connectivity index (χ0v) is 13.7. The Kier molecular flexibility index (Phi) is 4.82. The van der Waals surface area contributed by atoms with Gasteiger partial charge in [0, 0.05) is 10.9 Å². The van der Waals surface area contributed by atoms with E-state index in [2.05, 4.69) is 21.6 Å². The van der Waals surface area contributed by atoms with Gasteiger partial charge in [0.05, 0.1) is 23.4 Å². The van der Waals surface area contributed by atoms with Crippen molar-refractivity contribution < 1.29 is 4.74 Å². The largest absolute Gasteiger partial charge is 0.493 e. The Labute approximate surface area is 137 Å². The third-order valence-electron chi connectivity index (χ3n) is 2.86. The van der Waals surface area contributed by atoms with E-state index in [1.54, 1.807) is 17.6 Å². The second-order valence-electron chi connectivity index (χ2n) is 4.36. The lowest BCUT2D eigenvalue weighted by molar-refractivity contribution is 0.340. The Morgan fingerprint density at radius 3 is 2.95 bits per heavy atom. The first kappa shape index (κ1) is 14.7. The van der Waals surface area contributed by atoms with Crippen LogP contribution in [0.5, 0.6) is 5.75 Å². The summed E-state index contributed by atoms with van der Waals surface area (Å²) in [5.41, 5.74) is 4.89. The summed E-state index contributed by atoms with van der Waals surface area (Å²) in [6.45, 7) is 2.60. The predicted octanol–water partition coefficient (Wildman–Crippen LogP) is 4.72. The third-order valence-corrected chi connectivity index (χ3v) is 4.50. The second-order valence-corrected chi connectivity index (χ2v) is 6.16. The highest BCUT2D eigenvalue weighted by molar-refractivity contribution is 7.15. The van der Waals surface area contributed by atoms with E-state index < -0.39 is 0 Å². The molecule has 0 aliphatic heterocycles. The van der Waals surface area contributed by atoms with Crippen LogP contribution in [0.15, 0.2) is 52.3 Å². The quantitative estimate of drug-likeness (QED) is 0.526. The van der Waals surface area contributed by atoms with E-state index in [0.29, 0.717) is 6.61 Å². The van der Waals surface area contributed by atoms with Crippen molar-refractivity contribution >= 4 is 34.0 Å². The molecule has 2 aromatic heterocycles. The molecule has 6 heteroatoms. The average Bonchev–Trinajstić information content (AvgIpc) is 3.20. The highest BCUT2D eigenvalue weighted by Gasteiger charge is 2.04. The maximum absolute atomic E-state index is 5.56. The van der Waals surface area contributed by atoms with E-state index >= 15 is 0 Å². The number of hydrogen-bond acceptors (Lipinski definition) is 6. The zero-order valence-electron chi connectivity index (χ0n) is 12.0. The van der Waals surface area contributed by atoms with Gasteiger partial charge in [-0.2, -0.15) is 5.10 Å². The van der Waals surface area contributed by atoms with Gasteiger partial charge in [0.2, 0.25) is 5.13 Å². The molecule has 3 aromatic rings. The fourth-order valence-electron chi connectivity index (χ4n) is 1.89. The molecular weight excluding hydrogens is 314 g/mol. The summed E-state index contributed by atoms with van der Waals surface area (Å²) in [6.07, 6.45) is 1.75. The first-order chi connectivity index (χ1) is 10.9. The summed E-state index contributed by atoms with van der Waals surface area (Å²) in [6, 6.07) is 11.9. The van der Waals surface area contributed by atoms with Crippen LogP contribution in [0.1, 0.15) is 12.5 Å². The smallest absolute Gasteiger partial charge is 0.203 e.